The molecule has 0 aliphatic carbocycles. The number of hydrogen-bond acceptors (Lipinski definition) is 3. The lowest BCUT2D eigenvalue weighted by Gasteiger charge is -2.14. The lowest BCUT2D eigenvalue weighted by molar-refractivity contribution is -0.118. The van der Waals surface area contributed by atoms with Crippen molar-refractivity contribution in [3.63, 3.8) is 0 Å². The van der Waals surface area contributed by atoms with Crippen molar-refractivity contribution in [2.45, 2.75) is 20.8 Å². The Morgan fingerprint density at radius 3 is 2.58 bits per heavy atom. The van der Waals surface area contributed by atoms with Crippen LogP contribution in [-0.4, -0.2) is 19.1 Å². The van der Waals surface area contributed by atoms with Gasteiger partial charge in [-0.15, -0.1) is 0 Å². The first-order chi connectivity index (χ1) is 11.5. The Hall–Kier alpha value is -2.01. The number of rotatable bonds is 7. The topological polar surface area (TPSA) is 47.6 Å². The van der Waals surface area contributed by atoms with Crippen LogP contribution in [0.15, 0.2) is 46.9 Å². The van der Waals surface area contributed by atoms with Crippen molar-refractivity contribution in [2.75, 3.05) is 18.5 Å². The fraction of sp³-hybridized carbons (Fsp3) is 0.316. The van der Waals surface area contributed by atoms with Gasteiger partial charge in [0, 0.05) is 0 Å². The Bertz CT molecular complexity index is 701. The molecule has 0 aliphatic heterocycles. The van der Waals surface area contributed by atoms with E-state index < -0.39 is 0 Å². The van der Waals surface area contributed by atoms with Gasteiger partial charge in [0.05, 0.1) is 16.8 Å². The molecule has 1 amide bonds. The van der Waals surface area contributed by atoms with Crippen LogP contribution in [-0.2, 0) is 4.79 Å². The molecule has 0 atom stereocenters. The summed E-state index contributed by atoms with van der Waals surface area (Å²) >= 11 is 3.43. The molecule has 128 valence electrons. The predicted molar refractivity (Wildman–Crippen MR) is 99.8 cm³/mol. The highest BCUT2D eigenvalue weighted by molar-refractivity contribution is 9.10. The molecule has 2 rings (SSSR count). The highest BCUT2D eigenvalue weighted by Crippen LogP contribution is 2.26. The second-order valence-electron chi connectivity index (χ2n) is 5.97. The molecule has 0 aromatic heterocycles. The Morgan fingerprint density at radius 2 is 1.88 bits per heavy atom. The number of ether oxygens (including phenoxy) is 2. The van der Waals surface area contributed by atoms with E-state index in [-0.39, 0.29) is 12.5 Å². The van der Waals surface area contributed by atoms with Crippen LogP contribution in [0.2, 0.25) is 0 Å². The van der Waals surface area contributed by atoms with Gasteiger partial charge in [-0.05, 0) is 58.6 Å². The van der Waals surface area contributed by atoms with E-state index in [1.807, 2.05) is 49.4 Å². The van der Waals surface area contributed by atoms with E-state index in [1.54, 1.807) is 0 Å². The van der Waals surface area contributed by atoms with E-state index in [2.05, 4.69) is 35.1 Å². The molecule has 2 aromatic carbocycles. The first-order valence-corrected chi connectivity index (χ1v) is 8.65. The summed E-state index contributed by atoms with van der Waals surface area (Å²) in [5, 5.41) is 2.83. The second-order valence-corrected chi connectivity index (χ2v) is 6.83. The van der Waals surface area contributed by atoms with Crippen molar-refractivity contribution >= 4 is 27.5 Å². The van der Waals surface area contributed by atoms with Gasteiger partial charge in [-0.1, -0.05) is 32.0 Å². The standard InChI is InChI=1S/C19H22BrNO3/c1-13(2)11-23-18-7-5-4-6-16(18)21-19(22)12-24-17-9-8-14(3)10-15(17)20/h4-10,13H,11-12H2,1-3H3,(H,21,22). The molecule has 24 heavy (non-hydrogen) atoms. The largest absolute Gasteiger partial charge is 0.491 e. The van der Waals surface area contributed by atoms with Crippen molar-refractivity contribution in [1.82, 2.24) is 0 Å². The number of nitrogens with one attached hydrogen (secondary N) is 1. The van der Waals surface area contributed by atoms with Crippen LogP contribution in [0.1, 0.15) is 19.4 Å². The van der Waals surface area contributed by atoms with Crippen LogP contribution in [0.25, 0.3) is 0 Å². The van der Waals surface area contributed by atoms with Crippen LogP contribution in [0.3, 0.4) is 0 Å². The molecule has 0 saturated carbocycles. The zero-order chi connectivity index (χ0) is 17.5. The van der Waals surface area contributed by atoms with Gasteiger partial charge < -0.3 is 14.8 Å². The van der Waals surface area contributed by atoms with E-state index in [4.69, 9.17) is 9.47 Å². The van der Waals surface area contributed by atoms with Crippen LogP contribution < -0.4 is 14.8 Å². The molecule has 1 N–H and O–H groups in total. The van der Waals surface area contributed by atoms with Crippen molar-refractivity contribution in [3.8, 4) is 11.5 Å². The average Bonchev–Trinajstić information content (AvgIpc) is 2.53. The SMILES string of the molecule is Cc1ccc(OCC(=O)Nc2ccccc2OCC(C)C)c(Br)c1. The molecule has 5 heteroatoms. The molecular weight excluding hydrogens is 370 g/mol. The van der Waals surface area contributed by atoms with Gasteiger partial charge in [0.15, 0.2) is 6.61 Å². The first-order valence-electron chi connectivity index (χ1n) is 7.86. The van der Waals surface area contributed by atoms with Crippen LogP contribution in [0, 0.1) is 12.8 Å². The Labute approximate surface area is 151 Å². The summed E-state index contributed by atoms with van der Waals surface area (Å²) in [6.07, 6.45) is 0. The van der Waals surface area contributed by atoms with Crippen molar-refractivity contribution in [1.29, 1.82) is 0 Å². The number of carbonyl (C=O) groups excluding carboxylic acids is 1. The molecule has 0 radical (unpaired) electrons. The summed E-state index contributed by atoms with van der Waals surface area (Å²) in [5.41, 5.74) is 1.77. The summed E-state index contributed by atoms with van der Waals surface area (Å²) < 4.78 is 12.1. The number of benzene rings is 2. The molecule has 0 heterocycles. The maximum absolute atomic E-state index is 12.1. The fourth-order valence-corrected chi connectivity index (χ4v) is 2.61. The molecular formula is C19H22BrNO3. The van der Waals surface area contributed by atoms with Crippen molar-refractivity contribution < 1.29 is 14.3 Å². The van der Waals surface area contributed by atoms with Crippen LogP contribution >= 0.6 is 15.9 Å². The summed E-state index contributed by atoms with van der Waals surface area (Å²) in [6.45, 7) is 6.68. The quantitative estimate of drug-likeness (QED) is 0.736. The second kappa shape index (κ2) is 8.73. The van der Waals surface area contributed by atoms with E-state index in [9.17, 15) is 4.79 Å². The third kappa shape index (κ3) is 5.57. The molecule has 0 spiro atoms. The van der Waals surface area contributed by atoms with E-state index in [0.717, 1.165) is 10.0 Å². The van der Waals surface area contributed by atoms with Crippen LogP contribution in [0.4, 0.5) is 5.69 Å². The number of hydrogen-bond donors (Lipinski definition) is 1. The van der Waals surface area contributed by atoms with E-state index in [1.165, 1.54) is 0 Å². The minimum absolute atomic E-state index is 0.0693. The molecule has 0 saturated heterocycles. The third-order valence-corrected chi connectivity index (χ3v) is 3.80. The summed E-state index contributed by atoms with van der Waals surface area (Å²) in [6, 6.07) is 13.1. The minimum Gasteiger partial charge on any atom is -0.491 e. The highest BCUT2D eigenvalue weighted by atomic mass is 79.9. The zero-order valence-corrected chi connectivity index (χ0v) is 15.7. The first kappa shape index (κ1) is 18.3. The van der Waals surface area contributed by atoms with Gasteiger partial charge >= 0.3 is 0 Å². The van der Waals surface area contributed by atoms with Gasteiger partial charge in [0.2, 0.25) is 0 Å². The van der Waals surface area contributed by atoms with Crippen molar-refractivity contribution in [2.24, 2.45) is 5.92 Å². The van der Waals surface area contributed by atoms with Crippen LogP contribution in [0.5, 0.6) is 11.5 Å². The Kier molecular flexibility index (Phi) is 6.67. The van der Waals surface area contributed by atoms with Gasteiger partial charge in [-0.25, -0.2) is 0 Å². The molecule has 0 unspecified atom stereocenters. The summed E-state index contributed by atoms with van der Waals surface area (Å²) in [5.74, 6) is 1.48. The number of halogens is 1. The van der Waals surface area contributed by atoms with E-state index in [0.29, 0.717) is 29.7 Å². The normalized spacial score (nSPS) is 10.5. The average molecular weight is 392 g/mol. The molecule has 0 aliphatic rings. The maximum atomic E-state index is 12.1. The third-order valence-electron chi connectivity index (χ3n) is 3.18. The molecule has 2 aromatic rings. The number of carbonyl (C=O) groups is 1. The lowest BCUT2D eigenvalue weighted by Crippen LogP contribution is -2.21. The number of para-hydroxylation sites is 2. The van der Waals surface area contributed by atoms with E-state index >= 15 is 0 Å². The Balaban J connectivity index is 1.95. The summed E-state index contributed by atoms with van der Waals surface area (Å²) in [4.78, 5) is 12.1. The predicted octanol–water partition coefficient (Wildman–Crippen LogP) is 4.81. The number of amides is 1. The maximum Gasteiger partial charge on any atom is 0.262 e. The van der Waals surface area contributed by atoms with Gasteiger partial charge in [-0.2, -0.15) is 0 Å². The number of anilines is 1. The van der Waals surface area contributed by atoms with Gasteiger partial charge in [0.25, 0.3) is 5.91 Å². The van der Waals surface area contributed by atoms with Gasteiger partial charge in [-0.3, -0.25) is 4.79 Å². The van der Waals surface area contributed by atoms with Gasteiger partial charge in [0.1, 0.15) is 11.5 Å². The molecule has 0 fully saturated rings. The Morgan fingerprint density at radius 1 is 1.12 bits per heavy atom. The molecule has 0 bridgehead atoms. The zero-order valence-electron chi connectivity index (χ0n) is 14.1. The smallest absolute Gasteiger partial charge is 0.262 e. The molecule has 4 nitrogen and oxygen atoms in total. The lowest BCUT2D eigenvalue weighted by atomic mass is 10.2. The highest BCUT2D eigenvalue weighted by Gasteiger charge is 2.10. The number of aryl methyl sites for hydroxylation is 1. The summed E-state index contributed by atoms with van der Waals surface area (Å²) in [7, 11) is 0. The fourth-order valence-electron chi connectivity index (χ4n) is 2.00. The minimum atomic E-state index is -0.233. The van der Waals surface area contributed by atoms with Crippen molar-refractivity contribution in [3.05, 3.63) is 52.5 Å². The monoisotopic (exact) mass is 391 g/mol.